The molecule has 1 N–H and O–H groups in total. The predicted octanol–water partition coefficient (Wildman–Crippen LogP) is 2.22. The Morgan fingerprint density at radius 1 is 1.16 bits per heavy atom. The summed E-state index contributed by atoms with van der Waals surface area (Å²) in [5.41, 5.74) is 6.43. The molecule has 9 heteroatoms. The molecule has 2 aliphatic heterocycles. The highest BCUT2D eigenvalue weighted by Gasteiger charge is 2.22. The van der Waals surface area contributed by atoms with Crippen LogP contribution in [-0.4, -0.2) is 37.5 Å². The van der Waals surface area contributed by atoms with Crippen molar-refractivity contribution in [3.8, 4) is 0 Å². The molecular formula is C16H23ClN8. The van der Waals surface area contributed by atoms with E-state index < -0.39 is 0 Å². The molecule has 2 aromatic heterocycles. The number of hydrogen-bond acceptors (Lipinski definition) is 6. The predicted molar refractivity (Wildman–Crippen MR) is 98.2 cm³/mol. The summed E-state index contributed by atoms with van der Waals surface area (Å²) < 4.78 is 5.34. The van der Waals surface area contributed by atoms with Crippen LogP contribution < -0.4 is 14.7 Å². The monoisotopic (exact) mass is 362 g/mol. The largest absolute Gasteiger partial charge is 0.340 e. The molecule has 8 nitrogen and oxygen atoms in total. The van der Waals surface area contributed by atoms with E-state index in [0.29, 0.717) is 5.95 Å². The van der Waals surface area contributed by atoms with Gasteiger partial charge in [-0.25, -0.2) is 14.1 Å². The molecule has 134 valence electrons. The third-order valence-electron chi connectivity index (χ3n) is 4.89. The Kier molecular flexibility index (Phi) is 4.07. The van der Waals surface area contributed by atoms with Crippen LogP contribution in [0.4, 0.5) is 11.9 Å². The van der Waals surface area contributed by atoms with Crippen LogP contribution in [0.15, 0.2) is 11.9 Å². The Labute approximate surface area is 152 Å². The van der Waals surface area contributed by atoms with Crippen LogP contribution in [-0.2, 0) is 13.5 Å². The second-order valence-electron chi connectivity index (χ2n) is 6.64. The maximum absolute atomic E-state index is 6.32. The molecule has 0 saturated carbocycles. The lowest BCUT2D eigenvalue weighted by Crippen LogP contribution is -2.26. The van der Waals surface area contributed by atoms with Gasteiger partial charge in [-0.15, -0.1) is 5.10 Å². The minimum absolute atomic E-state index is 0.690. The molecule has 0 amide bonds. The van der Waals surface area contributed by atoms with Crippen molar-refractivity contribution in [2.75, 3.05) is 27.8 Å². The summed E-state index contributed by atoms with van der Waals surface area (Å²) in [6, 6.07) is 0. The molecule has 1 saturated heterocycles. The average Bonchev–Trinajstić information content (AvgIpc) is 3.28. The van der Waals surface area contributed by atoms with E-state index in [9.17, 15) is 0 Å². The van der Waals surface area contributed by atoms with E-state index in [0.717, 1.165) is 54.8 Å². The van der Waals surface area contributed by atoms with Crippen LogP contribution in [0.5, 0.6) is 0 Å². The fraction of sp³-hybridized carbons (Fsp3) is 0.562. The first-order chi connectivity index (χ1) is 12.0. The maximum atomic E-state index is 6.32. The smallest absolute Gasteiger partial charge is 0.244 e. The fourth-order valence-electron chi connectivity index (χ4n) is 3.27. The highest BCUT2D eigenvalue weighted by atomic mass is 35.5. The standard InChI is InChI=1S/C16H23ClN8/c1-11-12(2)25-16(18-11)24(17)10-13(20-25)6-7-14-19-15(21-22(14)3)23-8-4-5-9-23/h10,20H,4-9H2,1-3H3. The van der Waals surface area contributed by atoms with Crippen molar-refractivity contribution in [1.29, 1.82) is 0 Å². The van der Waals surface area contributed by atoms with Gasteiger partial charge in [-0.05, 0) is 33.1 Å². The SMILES string of the molecule is Cc1nc2n(c1C)NC(CCc1nc(N3CCCC3)nn1C)=CN2Cl. The van der Waals surface area contributed by atoms with Crippen LogP contribution in [0.2, 0.25) is 0 Å². The van der Waals surface area contributed by atoms with Gasteiger partial charge < -0.3 is 4.90 Å². The Hall–Kier alpha value is -2.22. The Morgan fingerprint density at radius 3 is 2.68 bits per heavy atom. The zero-order valence-corrected chi connectivity index (χ0v) is 15.6. The maximum Gasteiger partial charge on any atom is 0.244 e. The molecule has 1 fully saturated rings. The van der Waals surface area contributed by atoms with Gasteiger partial charge in [0.25, 0.3) is 0 Å². The molecule has 25 heavy (non-hydrogen) atoms. The molecule has 0 atom stereocenters. The molecular weight excluding hydrogens is 340 g/mol. The van der Waals surface area contributed by atoms with Gasteiger partial charge in [-0.2, -0.15) is 4.98 Å². The third kappa shape index (κ3) is 2.95. The zero-order valence-electron chi connectivity index (χ0n) is 14.8. The minimum Gasteiger partial charge on any atom is -0.340 e. The first-order valence-electron chi connectivity index (χ1n) is 8.66. The van der Waals surface area contributed by atoms with Gasteiger partial charge in [0.1, 0.15) is 5.82 Å². The fourth-order valence-corrected chi connectivity index (χ4v) is 3.51. The minimum atomic E-state index is 0.690. The second-order valence-corrected chi connectivity index (χ2v) is 7.01. The summed E-state index contributed by atoms with van der Waals surface area (Å²) in [4.78, 5) is 11.4. The summed E-state index contributed by atoms with van der Waals surface area (Å²) >= 11 is 6.32. The quantitative estimate of drug-likeness (QED) is 0.841. The van der Waals surface area contributed by atoms with Crippen molar-refractivity contribution < 1.29 is 0 Å². The van der Waals surface area contributed by atoms with E-state index in [4.69, 9.17) is 16.8 Å². The summed E-state index contributed by atoms with van der Waals surface area (Å²) in [5, 5.41) is 4.56. The number of hydrogen-bond donors (Lipinski definition) is 1. The average molecular weight is 363 g/mol. The zero-order chi connectivity index (χ0) is 17.6. The summed E-state index contributed by atoms with van der Waals surface area (Å²) in [6.07, 6.45) is 5.92. The number of imidazole rings is 1. The molecule has 4 heterocycles. The van der Waals surface area contributed by atoms with E-state index in [1.54, 1.807) is 0 Å². The highest BCUT2D eigenvalue weighted by Crippen LogP contribution is 2.26. The molecule has 0 aliphatic carbocycles. The van der Waals surface area contributed by atoms with Crippen LogP contribution in [0.1, 0.15) is 36.5 Å². The van der Waals surface area contributed by atoms with Gasteiger partial charge in [0, 0.05) is 44.5 Å². The highest BCUT2D eigenvalue weighted by molar-refractivity contribution is 6.26. The van der Waals surface area contributed by atoms with Crippen molar-refractivity contribution >= 4 is 23.7 Å². The molecule has 0 bridgehead atoms. The number of aryl methyl sites for hydroxylation is 3. The van der Waals surface area contributed by atoms with Crippen LogP contribution in [0, 0.1) is 13.8 Å². The number of aromatic nitrogens is 5. The lowest BCUT2D eigenvalue weighted by Gasteiger charge is -2.24. The van der Waals surface area contributed by atoms with E-state index >= 15 is 0 Å². The topological polar surface area (TPSA) is 67.0 Å². The number of fused-ring (bicyclic) bond motifs is 1. The van der Waals surface area contributed by atoms with Crippen LogP contribution in [0.25, 0.3) is 0 Å². The Morgan fingerprint density at radius 2 is 1.92 bits per heavy atom. The van der Waals surface area contributed by atoms with Crippen molar-refractivity contribution in [3.05, 3.63) is 29.1 Å². The number of nitrogens with one attached hydrogen (secondary N) is 1. The van der Waals surface area contributed by atoms with Gasteiger partial charge in [0.2, 0.25) is 11.9 Å². The third-order valence-corrected chi connectivity index (χ3v) is 5.14. The number of allylic oxidation sites excluding steroid dienone is 1. The van der Waals surface area contributed by atoms with Gasteiger partial charge in [0.05, 0.1) is 17.1 Å². The van der Waals surface area contributed by atoms with E-state index in [1.165, 1.54) is 17.3 Å². The van der Waals surface area contributed by atoms with Crippen LogP contribution >= 0.6 is 11.8 Å². The Balaban J connectivity index is 1.46. The molecule has 4 rings (SSSR count). The summed E-state index contributed by atoms with van der Waals surface area (Å²) in [6.45, 7) is 6.11. The van der Waals surface area contributed by atoms with Crippen molar-refractivity contribution in [1.82, 2.24) is 24.4 Å². The molecule has 0 unspecified atom stereocenters. The lowest BCUT2D eigenvalue weighted by molar-refractivity contribution is 0.682. The first-order valence-corrected chi connectivity index (χ1v) is 9.00. The molecule has 0 spiro atoms. The summed E-state index contributed by atoms with van der Waals surface area (Å²) in [7, 11) is 1.96. The van der Waals surface area contributed by atoms with Crippen molar-refractivity contribution in [2.45, 2.75) is 39.5 Å². The van der Waals surface area contributed by atoms with E-state index in [-0.39, 0.29) is 0 Å². The number of anilines is 2. The molecule has 2 aliphatic rings. The number of rotatable bonds is 4. The van der Waals surface area contributed by atoms with Crippen molar-refractivity contribution in [2.24, 2.45) is 7.05 Å². The number of halogens is 1. The normalized spacial score (nSPS) is 16.9. The molecule has 0 radical (unpaired) electrons. The van der Waals surface area contributed by atoms with Gasteiger partial charge in [-0.3, -0.25) is 10.1 Å². The van der Waals surface area contributed by atoms with Gasteiger partial charge >= 0.3 is 0 Å². The Bertz CT molecular complexity index is 814. The summed E-state index contributed by atoms with van der Waals surface area (Å²) in [5.74, 6) is 2.52. The van der Waals surface area contributed by atoms with Gasteiger partial charge in [-0.1, -0.05) is 0 Å². The van der Waals surface area contributed by atoms with Crippen LogP contribution in [0.3, 0.4) is 0 Å². The number of nitrogens with zero attached hydrogens (tertiary/aromatic N) is 7. The van der Waals surface area contributed by atoms with E-state index in [1.807, 2.05) is 36.5 Å². The molecule has 2 aromatic rings. The van der Waals surface area contributed by atoms with E-state index in [2.05, 4.69) is 20.4 Å². The first kappa shape index (κ1) is 16.3. The molecule has 0 aromatic carbocycles. The lowest BCUT2D eigenvalue weighted by atomic mass is 10.2. The second kappa shape index (κ2) is 6.25. The van der Waals surface area contributed by atoms with Crippen molar-refractivity contribution in [3.63, 3.8) is 0 Å². The van der Waals surface area contributed by atoms with Gasteiger partial charge in [0.15, 0.2) is 0 Å².